The normalized spacial score (nSPS) is 24.5. The molecule has 8 heteroatoms. The van der Waals surface area contributed by atoms with Gasteiger partial charge in [-0.05, 0) is 37.3 Å². The third-order valence-corrected chi connectivity index (χ3v) is 7.05. The number of aromatic nitrogens is 2. The van der Waals surface area contributed by atoms with Crippen LogP contribution in [-0.4, -0.2) is 45.6 Å². The van der Waals surface area contributed by atoms with Crippen molar-refractivity contribution in [1.82, 2.24) is 14.9 Å². The molecular formula is C23H21F2N3O2S. The SMILES string of the molecule is Cc1nc(C(=O)N2C3CC(C3)[C@H](F)[C@H]2COc2ccc(F)cn2)c(-c2ccccc2)s1. The number of piperidine rings is 2. The van der Waals surface area contributed by atoms with Gasteiger partial charge in [-0.25, -0.2) is 18.7 Å². The van der Waals surface area contributed by atoms with Crippen LogP contribution in [0, 0.1) is 18.7 Å². The molecule has 2 aromatic heterocycles. The van der Waals surface area contributed by atoms with E-state index in [0.717, 1.165) is 21.6 Å². The van der Waals surface area contributed by atoms with E-state index in [4.69, 9.17) is 4.74 Å². The van der Waals surface area contributed by atoms with Gasteiger partial charge < -0.3 is 9.64 Å². The summed E-state index contributed by atoms with van der Waals surface area (Å²) in [6, 6.07) is 11.5. The van der Waals surface area contributed by atoms with Crippen LogP contribution in [-0.2, 0) is 0 Å². The summed E-state index contributed by atoms with van der Waals surface area (Å²) in [7, 11) is 0. The molecule has 4 heterocycles. The molecule has 0 spiro atoms. The average molecular weight is 442 g/mol. The van der Waals surface area contributed by atoms with Crippen molar-refractivity contribution in [2.24, 2.45) is 5.92 Å². The molecule has 3 aromatic rings. The van der Waals surface area contributed by atoms with Gasteiger partial charge in [0.1, 0.15) is 24.3 Å². The molecule has 31 heavy (non-hydrogen) atoms. The molecule has 2 aliphatic heterocycles. The molecule has 5 nitrogen and oxygen atoms in total. The third kappa shape index (κ3) is 3.69. The zero-order valence-corrected chi connectivity index (χ0v) is 17.7. The predicted octanol–water partition coefficient (Wildman–Crippen LogP) is 4.67. The topological polar surface area (TPSA) is 55.3 Å². The Morgan fingerprint density at radius 2 is 2.00 bits per heavy atom. The number of aryl methyl sites for hydroxylation is 1. The summed E-state index contributed by atoms with van der Waals surface area (Å²) in [6.45, 7) is 1.82. The molecule has 2 saturated heterocycles. The van der Waals surface area contributed by atoms with E-state index in [1.165, 1.54) is 23.5 Å². The molecular weight excluding hydrogens is 420 g/mol. The molecule has 3 aliphatic rings. The van der Waals surface area contributed by atoms with Crippen LogP contribution in [0.25, 0.3) is 10.4 Å². The lowest BCUT2D eigenvalue weighted by atomic mass is 9.69. The zero-order valence-electron chi connectivity index (χ0n) is 16.9. The summed E-state index contributed by atoms with van der Waals surface area (Å²) in [5.74, 6) is -0.599. The van der Waals surface area contributed by atoms with Crippen LogP contribution in [0.2, 0.25) is 0 Å². The Bertz CT molecular complexity index is 1080. The number of thiazole rings is 1. The molecule has 1 amide bonds. The number of ether oxygens (including phenoxy) is 1. The van der Waals surface area contributed by atoms with Gasteiger partial charge in [0.2, 0.25) is 5.88 Å². The molecule has 3 fully saturated rings. The van der Waals surface area contributed by atoms with Crippen molar-refractivity contribution in [2.45, 2.75) is 38.0 Å². The predicted molar refractivity (Wildman–Crippen MR) is 113 cm³/mol. The first kappa shape index (κ1) is 20.1. The number of carbonyl (C=O) groups excluding carboxylic acids is 1. The number of benzene rings is 1. The summed E-state index contributed by atoms with van der Waals surface area (Å²) < 4.78 is 34.0. The molecule has 1 aliphatic carbocycles. The second kappa shape index (κ2) is 8.00. The first-order valence-corrected chi connectivity index (χ1v) is 11.1. The molecule has 2 atom stereocenters. The summed E-state index contributed by atoms with van der Waals surface area (Å²) in [5.41, 5.74) is 1.27. The molecule has 6 rings (SSSR count). The summed E-state index contributed by atoms with van der Waals surface area (Å²) in [5, 5.41) is 0.783. The van der Waals surface area contributed by atoms with Gasteiger partial charge in [-0.15, -0.1) is 11.3 Å². The lowest BCUT2D eigenvalue weighted by Crippen LogP contribution is -2.66. The Kier molecular flexibility index (Phi) is 5.17. The highest BCUT2D eigenvalue weighted by molar-refractivity contribution is 7.15. The highest BCUT2D eigenvalue weighted by atomic mass is 32.1. The van der Waals surface area contributed by atoms with Crippen molar-refractivity contribution in [2.75, 3.05) is 6.61 Å². The smallest absolute Gasteiger partial charge is 0.274 e. The van der Waals surface area contributed by atoms with E-state index in [1.54, 1.807) is 4.90 Å². The maximum absolute atomic E-state index is 15.2. The largest absolute Gasteiger partial charge is 0.475 e. The van der Waals surface area contributed by atoms with Gasteiger partial charge in [0.15, 0.2) is 0 Å². The molecule has 2 bridgehead atoms. The number of alkyl halides is 1. The van der Waals surface area contributed by atoms with Gasteiger partial charge >= 0.3 is 0 Å². The average Bonchev–Trinajstić information content (AvgIpc) is 3.14. The monoisotopic (exact) mass is 441 g/mol. The van der Waals surface area contributed by atoms with Crippen LogP contribution in [0.1, 0.15) is 28.3 Å². The summed E-state index contributed by atoms with van der Waals surface area (Å²) in [4.78, 5) is 24.4. The molecule has 0 radical (unpaired) electrons. The number of carbonyl (C=O) groups is 1. The quantitative estimate of drug-likeness (QED) is 0.577. The van der Waals surface area contributed by atoms with E-state index in [-0.39, 0.29) is 30.4 Å². The lowest BCUT2D eigenvalue weighted by molar-refractivity contribution is -0.0847. The molecule has 1 aromatic carbocycles. The van der Waals surface area contributed by atoms with Crippen LogP contribution in [0.5, 0.6) is 5.88 Å². The van der Waals surface area contributed by atoms with Crippen LogP contribution in [0.4, 0.5) is 8.78 Å². The van der Waals surface area contributed by atoms with Gasteiger partial charge in [-0.2, -0.15) is 0 Å². The third-order valence-electron chi connectivity index (χ3n) is 6.03. The minimum absolute atomic E-state index is 0.0232. The maximum atomic E-state index is 15.2. The minimum Gasteiger partial charge on any atom is -0.475 e. The first-order chi connectivity index (χ1) is 15.0. The minimum atomic E-state index is -1.19. The standard InChI is InChI=1S/C23H21F2N3O2S/c1-13-27-21(22(31-13)14-5-3-2-4-6-14)23(29)28-17-9-15(10-17)20(25)18(28)12-30-19-8-7-16(24)11-26-19/h2-8,11,15,17-18,20H,9-10,12H2,1H3/t15?,17?,18-,20+/m1/s1. The number of hydrogen-bond acceptors (Lipinski definition) is 5. The fourth-order valence-corrected chi connectivity index (χ4v) is 5.36. The number of hydrogen-bond donors (Lipinski definition) is 0. The van der Waals surface area contributed by atoms with Gasteiger partial charge in [0.05, 0.1) is 22.1 Å². The van der Waals surface area contributed by atoms with E-state index in [0.29, 0.717) is 18.5 Å². The Morgan fingerprint density at radius 1 is 1.23 bits per heavy atom. The first-order valence-electron chi connectivity index (χ1n) is 10.2. The summed E-state index contributed by atoms with van der Waals surface area (Å²) in [6.07, 6.45) is 1.17. The summed E-state index contributed by atoms with van der Waals surface area (Å²) >= 11 is 1.46. The number of pyridine rings is 1. The van der Waals surface area contributed by atoms with Gasteiger partial charge in [-0.1, -0.05) is 30.3 Å². The number of nitrogens with zero attached hydrogens (tertiary/aromatic N) is 3. The van der Waals surface area contributed by atoms with Crippen molar-refractivity contribution in [3.8, 4) is 16.3 Å². The zero-order chi connectivity index (χ0) is 21.5. The Morgan fingerprint density at radius 3 is 2.71 bits per heavy atom. The van der Waals surface area contributed by atoms with E-state index in [9.17, 15) is 9.18 Å². The van der Waals surface area contributed by atoms with Crippen molar-refractivity contribution >= 4 is 17.2 Å². The Balaban J connectivity index is 1.43. The number of fused-ring (bicyclic) bond motifs is 2. The van der Waals surface area contributed by atoms with Gasteiger partial charge in [0.25, 0.3) is 5.91 Å². The maximum Gasteiger partial charge on any atom is 0.274 e. The number of halogens is 2. The fraction of sp³-hybridized carbons (Fsp3) is 0.348. The fourth-order valence-electron chi connectivity index (χ4n) is 4.44. The van der Waals surface area contributed by atoms with Crippen LogP contribution >= 0.6 is 11.3 Å². The van der Waals surface area contributed by atoms with E-state index in [1.807, 2.05) is 37.3 Å². The molecule has 160 valence electrons. The van der Waals surface area contributed by atoms with Crippen molar-refractivity contribution < 1.29 is 18.3 Å². The second-order valence-corrected chi connectivity index (χ2v) is 9.21. The van der Waals surface area contributed by atoms with Crippen LogP contribution in [0.3, 0.4) is 0 Å². The van der Waals surface area contributed by atoms with Crippen LogP contribution < -0.4 is 4.74 Å². The van der Waals surface area contributed by atoms with Crippen molar-refractivity contribution in [1.29, 1.82) is 0 Å². The second-order valence-electron chi connectivity index (χ2n) is 8.01. The van der Waals surface area contributed by atoms with E-state index in [2.05, 4.69) is 9.97 Å². The number of rotatable bonds is 5. The van der Waals surface area contributed by atoms with E-state index < -0.39 is 18.0 Å². The Hall–Kier alpha value is -2.87. The van der Waals surface area contributed by atoms with Crippen molar-refractivity contribution in [3.63, 3.8) is 0 Å². The van der Waals surface area contributed by atoms with Gasteiger partial charge in [-0.3, -0.25) is 4.79 Å². The number of amides is 1. The van der Waals surface area contributed by atoms with Crippen LogP contribution in [0.15, 0.2) is 48.7 Å². The molecule has 1 saturated carbocycles. The molecule has 0 N–H and O–H groups in total. The van der Waals surface area contributed by atoms with Gasteiger partial charge in [0, 0.05) is 12.1 Å². The molecule has 0 unspecified atom stereocenters. The Labute approximate surface area is 182 Å². The highest BCUT2D eigenvalue weighted by Crippen LogP contribution is 2.46. The van der Waals surface area contributed by atoms with E-state index >= 15 is 4.39 Å². The lowest BCUT2D eigenvalue weighted by Gasteiger charge is -2.54. The van der Waals surface area contributed by atoms with Crippen molar-refractivity contribution in [3.05, 3.63) is 65.2 Å². The highest BCUT2D eigenvalue weighted by Gasteiger charge is 2.53.